The van der Waals surface area contributed by atoms with Crippen LogP contribution >= 0.6 is 0 Å². The van der Waals surface area contributed by atoms with Gasteiger partial charge in [-0.1, -0.05) is 26.2 Å². The van der Waals surface area contributed by atoms with Gasteiger partial charge in [0.1, 0.15) is 5.76 Å². The van der Waals surface area contributed by atoms with Crippen molar-refractivity contribution in [3.05, 3.63) is 23.7 Å². The van der Waals surface area contributed by atoms with Crippen molar-refractivity contribution in [1.29, 1.82) is 0 Å². The minimum absolute atomic E-state index is 0.273. The fraction of sp³-hybridized carbons (Fsp3) is 0.688. The van der Waals surface area contributed by atoms with E-state index >= 15 is 0 Å². The summed E-state index contributed by atoms with van der Waals surface area (Å²) in [6.07, 6.45) is 7.89. The fourth-order valence-corrected chi connectivity index (χ4v) is 3.10. The van der Waals surface area contributed by atoms with Crippen LogP contribution in [0.1, 0.15) is 61.8 Å². The summed E-state index contributed by atoms with van der Waals surface area (Å²) in [4.78, 5) is 11.3. The molecule has 112 valence electrons. The molecule has 0 radical (unpaired) electrons. The summed E-state index contributed by atoms with van der Waals surface area (Å²) in [7, 11) is 1.36. The van der Waals surface area contributed by atoms with Crippen molar-refractivity contribution in [1.82, 2.24) is 5.32 Å². The van der Waals surface area contributed by atoms with Crippen molar-refractivity contribution >= 4 is 5.97 Å². The zero-order valence-electron chi connectivity index (χ0n) is 12.5. The summed E-state index contributed by atoms with van der Waals surface area (Å²) in [6, 6.07) is 4.05. The SMILES string of the molecule is CCC(NCc1ccc(C(=O)OC)o1)C1CCCCC1. The molecule has 1 aromatic heterocycles. The maximum absolute atomic E-state index is 11.3. The van der Waals surface area contributed by atoms with E-state index in [0.29, 0.717) is 12.6 Å². The molecule has 1 heterocycles. The molecule has 1 aliphatic carbocycles. The van der Waals surface area contributed by atoms with Gasteiger partial charge in [0, 0.05) is 6.04 Å². The van der Waals surface area contributed by atoms with E-state index in [1.165, 1.54) is 39.2 Å². The number of carbonyl (C=O) groups excluding carboxylic acids is 1. The predicted molar refractivity (Wildman–Crippen MR) is 77.5 cm³/mol. The lowest BCUT2D eigenvalue weighted by Gasteiger charge is -2.30. The van der Waals surface area contributed by atoms with E-state index in [-0.39, 0.29) is 5.76 Å². The Bertz CT molecular complexity index is 421. The Morgan fingerprint density at radius 2 is 2.15 bits per heavy atom. The molecule has 0 bridgehead atoms. The first-order valence-corrected chi connectivity index (χ1v) is 7.65. The first-order valence-electron chi connectivity index (χ1n) is 7.65. The largest absolute Gasteiger partial charge is 0.463 e. The molecule has 4 heteroatoms. The average molecular weight is 279 g/mol. The lowest BCUT2D eigenvalue weighted by atomic mass is 9.83. The van der Waals surface area contributed by atoms with Gasteiger partial charge in [-0.3, -0.25) is 0 Å². The number of ether oxygens (including phenoxy) is 1. The number of furan rings is 1. The molecule has 1 unspecified atom stereocenters. The molecule has 1 saturated carbocycles. The van der Waals surface area contributed by atoms with E-state index in [4.69, 9.17) is 4.42 Å². The number of nitrogens with one attached hydrogen (secondary N) is 1. The molecule has 0 aliphatic heterocycles. The first kappa shape index (κ1) is 15.1. The van der Waals surface area contributed by atoms with Crippen LogP contribution in [-0.2, 0) is 11.3 Å². The van der Waals surface area contributed by atoms with Gasteiger partial charge >= 0.3 is 5.97 Å². The maximum Gasteiger partial charge on any atom is 0.373 e. The standard InChI is InChI=1S/C16H25NO3/c1-3-14(12-7-5-4-6-8-12)17-11-13-9-10-15(20-13)16(18)19-2/h9-10,12,14,17H,3-8,11H2,1-2H3. The lowest BCUT2D eigenvalue weighted by molar-refractivity contribution is 0.0562. The van der Waals surface area contributed by atoms with E-state index in [2.05, 4.69) is 17.0 Å². The summed E-state index contributed by atoms with van der Waals surface area (Å²) in [5.41, 5.74) is 0. The van der Waals surface area contributed by atoms with E-state index in [1.807, 2.05) is 6.07 Å². The van der Waals surface area contributed by atoms with E-state index < -0.39 is 5.97 Å². The second-order valence-electron chi connectivity index (χ2n) is 5.55. The second kappa shape index (κ2) is 7.48. The third-order valence-electron chi connectivity index (χ3n) is 4.25. The Labute approximate surface area is 120 Å². The Morgan fingerprint density at radius 3 is 2.80 bits per heavy atom. The monoisotopic (exact) mass is 279 g/mol. The first-order chi connectivity index (χ1) is 9.74. The number of hydrogen-bond donors (Lipinski definition) is 1. The molecule has 2 rings (SSSR count). The summed E-state index contributed by atoms with van der Waals surface area (Å²) >= 11 is 0. The normalized spacial score (nSPS) is 17.9. The highest BCUT2D eigenvalue weighted by Crippen LogP contribution is 2.27. The summed E-state index contributed by atoms with van der Waals surface area (Å²) in [5, 5.41) is 3.58. The smallest absolute Gasteiger partial charge is 0.373 e. The molecule has 1 N–H and O–H groups in total. The molecule has 1 aromatic rings. The molecule has 1 aliphatic rings. The Kier molecular flexibility index (Phi) is 5.65. The zero-order valence-corrected chi connectivity index (χ0v) is 12.5. The van der Waals surface area contributed by atoms with Crippen molar-refractivity contribution in [2.24, 2.45) is 5.92 Å². The van der Waals surface area contributed by atoms with Gasteiger partial charge in [-0.15, -0.1) is 0 Å². The number of esters is 1. The molecule has 20 heavy (non-hydrogen) atoms. The quantitative estimate of drug-likeness (QED) is 0.810. The highest BCUT2D eigenvalue weighted by Gasteiger charge is 2.22. The van der Waals surface area contributed by atoms with Crippen molar-refractivity contribution in [2.75, 3.05) is 7.11 Å². The molecule has 0 amide bonds. The van der Waals surface area contributed by atoms with Crippen LogP contribution < -0.4 is 5.32 Å². The van der Waals surface area contributed by atoms with Gasteiger partial charge < -0.3 is 14.5 Å². The molecule has 0 spiro atoms. The molecule has 1 fully saturated rings. The molecular weight excluding hydrogens is 254 g/mol. The van der Waals surface area contributed by atoms with E-state index in [1.54, 1.807) is 6.07 Å². The predicted octanol–water partition coefficient (Wildman–Crippen LogP) is 3.51. The number of hydrogen-bond acceptors (Lipinski definition) is 4. The Hall–Kier alpha value is -1.29. The molecule has 1 atom stereocenters. The van der Waals surface area contributed by atoms with Gasteiger partial charge in [-0.25, -0.2) is 4.79 Å². The van der Waals surface area contributed by atoms with Gasteiger partial charge in [0.05, 0.1) is 13.7 Å². The van der Waals surface area contributed by atoms with Crippen LogP contribution in [0.3, 0.4) is 0 Å². The van der Waals surface area contributed by atoms with Crippen LogP contribution in [0.25, 0.3) is 0 Å². The number of methoxy groups -OCH3 is 1. The van der Waals surface area contributed by atoms with Gasteiger partial charge in [0.25, 0.3) is 0 Å². The molecule has 4 nitrogen and oxygen atoms in total. The fourth-order valence-electron chi connectivity index (χ4n) is 3.10. The molecule has 0 saturated heterocycles. The summed E-state index contributed by atoms with van der Waals surface area (Å²) in [5.74, 6) is 1.43. The third-order valence-corrected chi connectivity index (χ3v) is 4.25. The highest BCUT2D eigenvalue weighted by molar-refractivity contribution is 5.86. The van der Waals surface area contributed by atoms with Crippen LogP contribution in [0.2, 0.25) is 0 Å². The summed E-state index contributed by atoms with van der Waals surface area (Å²) in [6.45, 7) is 2.90. The number of rotatable bonds is 6. The molecular formula is C16H25NO3. The Balaban J connectivity index is 1.86. The van der Waals surface area contributed by atoms with Crippen LogP contribution in [0.15, 0.2) is 16.5 Å². The third kappa shape index (κ3) is 3.85. The van der Waals surface area contributed by atoms with E-state index in [9.17, 15) is 4.79 Å². The lowest BCUT2D eigenvalue weighted by Crippen LogP contribution is -2.36. The Morgan fingerprint density at radius 1 is 1.40 bits per heavy atom. The minimum atomic E-state index is -0.421. The topological polar surface area (TPSA) is 51.5 Å². The van der Waals surface area contributed by atoms with Crippen molar-refractivity contribution in [2.45, 2.75) is 58.0 Å². The number of carbonyl (C=O) groups is 1. The average Bonchev–Trinajstić information content (AvgIpc) is 2.97. The van der Waals surface area contributed by atoms with Gasteiger partial charge in [-0.05, 0) is 37.3 Å². The van der Waals surface area contributed by atoms with Gasteiger partial charge in [0.15, 0.2) is 0 Å². The zero-order chi connectivity index (χ0) is 14.4. The van der Waals surface area contributed by atoms with Gasteiger partial charge in [0.2, 0.25) is 5.76 Å². The minimum Gasteiger partial charge on any atom is -0.463 e. The van der Waals surface area contributed by atoms with Crippen LogP contribution in [0.4, 0.5) is 0 Å². The van der Waals surface area contributed by atoms with Crippen molar-refractivity contribution in [3.8, 4) is 0 Å². The maximum atomic E-state index is 11.3. The second-order valence-corrected chi connectivity index (χ2v) is 5.55. The van der Waals surface area contributed by atoms with E-state index in [0.717, 1.165) is 18.1 Å². The molecule has 0 aromatic carbocycles. The summed E-state index contributed by atoms with van der Waals surface area (Å²) < 4.78 is 10.1. The van der Waals surface area contributed by atoms with Crippen LogP contribution in [0.5, 0.6) is 0 Å². The van der Waals surface area contributed by atoms with Crippen LogP contribution in [0, 0.1) is 5.92 Å². The highest BCUT2D eigenvalue weighted by atomic mass is 16.5. The van der Waals surface area contributed by atoms with Crippen molar-refractivity contribution in [3.63, 3.8) is 0 Å². The van der Waals surface area contributed by atoms with Gasteiger partial charge in [-0.2, -0.15) is 0 Å². The van der Waals surface area contributed by atoms with Crippen LogP contribution in [-0.4, -0.2) is 19.1 Å². The van der Waals surface area contributed by atoms with Crippen molar-refractivity contribution < 1.29 is 13.9 Å².